The number of ether oxygens (including phenoxy) is 9. The van der Waals surface area contributed by atoms with Crippen molar-refractivity contribution in [3.05, 3.63) is 24.0 Å². The molecule has 5 saturated carbocycles. The van der Waals surface area contributed by atoms with E-state index in [4.69, 9.17) is 42.6 Å². The molecule has 5 aliphatic carbocycles. The molecule has 5 aliphatic heterocycles. The Hall–Kier alpha value is -1.65. The molecule has 13 heteroatoms. The third kappa shape index (κ3) is 5.94. The van der Waals surface area contributed by atoms with Crippen molar-refractivity contribution in [3.63, 3.8) is 0 Å². The molecule has 0 aromatic carbocycles. The van der Waals surface area contributed by atoms with Crippen LogP contribution < -0.4 is 0 Å². The number of fused-ring (bicyclic) bond motifs is 2. The normalized spacial score (nSPS) is 56.2. The second-order valence-corrected chi connectivity index (χ2v) is 19.9. The summed E-state index contributed by atoms with van der Waals surface area (Å²) >= 11 is 0. The van der Waals surface area contributed by atoms with Crippen molar-refractivity contribution >= 4 is 5.97 Å². The number of aliphatic hydroxyl groups is 3. The van der Waals surface area contributed by atoms with E-state index in [1.807, 2.05) is 13.8 Å². The van der Waals surface area contributed by atoms with Crippen molar-refractivity contribution < 1.29 is 62.7 Å². The predicted octanol–water partition coefficient (Wildman–Crippen LogP) is 4.72. The lowest BCUT2D eigenvalue weighted by Gasteiger charge is -2.57. The molecule has 5 heterocycles. The van der Waals surface area contributed by atoms with Gasteiger partial charge in [0.1, 0.15) is 29.7 Å². The summed E-state index contributed by atoms with van der Waals surface area (Å²) in [6, 6.07) is 0. The lowest BCUT2D eigenvalue weighted by Crippen LogP contribution is -2.59. The molecular formula is C44H64O13. The van der Waals surface area contributed by atoms with Crippen LogP contribution in [0.2, 0.25) is 0 Å². The second-order valence-electron chi connectivity index (χ2n) is 19.9. The van der Waals surface area contributed by atoms with Crippen LogP contribution in [-0.4, -0.2) is 119 Å². The van der Waals surface area contributed by atoms with E-state index < -0.39 is 67.1 Å². The summed E-state index contributed by atoms with van der Waals surface area (Å²) in [4.78, 5) is 11.4. The standard InChI is InChI=1S/C44H64O13/c1-22-15-27(20-49-22)30-11-14-44-42(30)21-41(42,48)19-34-40(6)12-10-29(16-28(40)9-13-43(34,44)57-44)54-36-17-32(47)39(25(4)51-36)56-35-8-7-33(23(2)50-35)55-37-18-31(46)38(24(3)52-37)53-26(5)45/h15,23-25,28-39,46-48H,1,7-14,16-21H2,2-6H3/t23?,24?,25?,28?,29?,30?,31?,32?,33?,34?,35?,36?,37?,38?,39?,40?,41?,42?,43-,44?/m1/s1. The fourth-order valence-electron chi connectivity index (χ4n) is 14.3. The van der Waals surface area contributed by atoms with E-state index in [0.29, 0.717) is 43.6 Å². The van der Waals surface area contributed by atoms with Crippen molar-refractivity contribution in [2.45, 2.75) is 209 Å². The summed E-state index contributed by atoms with van der Waals surface area (Å²) in [5.41, 5.74) is 0.187. The van der Waals surface area contributed by atoms with Crippen LogP contribution in [0.3, 0.4) is 0 Å². The molecule has 13 nitrogen and oxygen atoms in total. The highest BCUT2D eigenvalue weighted by Crippen LogP contribution is 2.91. The minimum Gasteiger partial charge on any atom is -0.490 e. The highest BCUT2D eigenvalue weighted by Gasteiger charge is 2.98. The molecule has 3 N–H and O–H groups in total. The Balaban J connectivity index is 0.710. The highest BCUT2D eigenvalue weighted by molar-refractivity contribution is 5.66. The van der Waals surface area contributed by atoms with Gasteiger partial charge in [0.05, 0.1) is 48.3 Å². The van der Waals surface area contributed by atoms with E-state index in [0.717, 1.165) is 63.5 Å². The van der Waals surface area contributed by atoms with Gasteiger partial charge in [-0.05, 0) is 120 Å². The summed E-state index contributed by atoms with van der Waals surface area (Å²) in [5, 5.41) is 34.3. The van der Waals surface area contributed by atoms with E-state index in [9.17, 15) is 20.1 Å². The quantitative estimate of drug-likeness (QED) is 0.176. The highest BCUT2D eigenvalue weighted by atomic mass is 16.7. The summed E-state index contributed by atoms with van der Waals surface area (Å²) in [5.74, 6) is 1.41. The maximum atomic E-state index is 12.3. The van der Waals surface area contributed by atoms with Gasteiger partial charge in [-0.25, -0.2) is 0 Å². The Kier molecular flexibility index (Phi) is 9.47. The van der Waals surface area contributed by atoms with Crippen LogP contribution in [0.4, 0.5) is 0 Å². The zero-order valence-corrected chi connectivity index (χ0v) is 34.3. The second kappa shape index (κ2) is 13.7. The van der Waals surface area contributed by atoms with Crippen LogP contribution in [-0.2, 0) is 47.4 Å². The Labute approximate surface area is 336 Å². The number of epoxide rings is 1. The number of carbonyl (C=O) groups excluding carboxylic acids is 1. The lowest BCUT2D eigenvalue weighted by molar-refractivity contribution is -0.323. The lowest BCUT2D eigenvalue weighted by atomic mass is 9.46. The van der Waals surface area contributed by atoms with Gasteiger partial charge in [0.25, 0.3) is 0 Å². The van der Waals surface area contributed by atoms with Gasteiger partial charge in [-0.1, -0.05) is 13.5 Å². The van der Waals surface area contributed by atoms with Gasteiger partial charge in [-0.2, -0.15) is 0 Å². The number of rotatable bonds is 8. The number of allylic oxidation sites excluding steroid dienone is 1. The van der Waals surface area contributed by atoms with Gasteiger partial charge in [0.2, 0.25) is 0 Å². The van der Waals surface area contributed by atoms with Crippen LogP contribution in [0, 0.1) is 28.6 Å². The van der Waals surface area contributed by atoms with Gasteiger partial charge < -0.3 is 58.0 Å². The van der Waals surface area contributed by atoms with Crippen LogP contribution in [0.1, 0.15) is 118 Å². The fourth-order valence-corrected chi connectivity index (χ4v) is 14.3. The van der Waals surface area contributed by atoms with Crippen LogP contribution >= 0.6 is 0 Å². The molecular weight excluding hydrogens is 736 g/mol. The third-order valence-electron chi connectivity index (χ3n) is 17.0. The molecule has 19 unspecified atom stereocenters. The molecule has 0 amide bonds. The third-order valence-corrected chi connectivity index (χ3v) is 17.0. The molecule has 9 fully saturated rings. The van der Waals surface area contributed by atoms with Crippen molar-refractivity contribution in [1.82, 2.24) is 0 Å². The smallest absolute Gasteiger partial charge is 0.303 e. The number of hydrogen-bond acceptors (Lipinski definition) is 13. The minimum atomic E-state index is -0.887. The molecule has 318 valence electrons. The number of esters is 1. The maximum Gasteiger partial charge on any atom is 0.303 e. The molecule has 10 aliphatic rings. The maximum absolute atomic E-state index is 12.3. The first-order valence-corrected chi connectivity index (χ1v) is 22.0. The first-order valence-electron chi connectivity index (χ1n) is 22.0. The van der Waals surface area contributed by atoms with Crippen molar-refractivity contribution in [3.8, 4) is 0 Å². The number of carbonyl (C=O) groups is 1. The summed E-state index contributed by atoms with van der Waals surface area (Å²) < 4.78 is 55.9. The molecule has 20 atom stereocenters. The Morgan fingerprint density at radius 2 is 1.56 bits per heavy atom. The molecule has 3 spiro atoms. The molecule has 0 radical (unpaired) electrons. The van der Waals surface area contributed by atoms with Crippen LogP contribution in [0.25, 0.3) is 0 Å². The average molecular weight is 801 g/mol. The van der Waals surface area contributed by atoms with Crippen molar-refractivity contribution in [2.75, 3.05) is 6.61 Å². The van der Waals surface area contributed by atoms with E-state index in [2.05, 4.69) is 19.6 Å². The molecule has 4 saturated heterocycles. The van der Waals surface area contributed by atoms with E-state index >= 15 is 0 Å². The topological polar surface area (TPSA) is 164 Å². The van der Waals surface area contributed by atoms with Crippen molar-refractivity contribution in [1.29, 1.82) is 0 Å². The van der Waals surface area contributed by atoms with Gasteiger partial charge in [0.15, 0.2) is 25.0 Å². The Morgan fingerprint density at radius 3 is 2.25 bits per heavy atom. The first kappa shape index (κ1) is 39.5. The average Bonchev–Trinajstić information content (AvgIpc) is 3.86. The van der Waals surface area contributed by atoms with Gasteiger partial charge in [-0.15, -0.1) is 0 Å². The van der Waals surface area contributed by atoms with Gasteiger partial charge in [-0.3, -0.25) is 4.79 Å². The predicted molar refractivity (Wildman–Crippen MR) is 201 cm³/mol. The van der Waals surface area contributed by atoms with E-state index in [1.54, 1.807) is 6.92 Å². The summed E-state index contributed by atoms with van der Waals surface area (Å²) in [6.45, 7) is 14.0. The summed E-state index contributed by atoms with van der Waals surface area (Å²) in [7, 11) is 0. The Morgan fingerprint density at radius 1 is 0.842 bits per heavy atom. The Bertz CT molecular complexity index is 1630. The zero-order valence-electron chi connectivity index (χ0n) is 34.3. The molecule has 57 heavy (non-hydrogen) atoms. The first-order chi connectivity index (χ1) is 27.1. The van der Waals surface area contributed by atoms with Crippen LogP contribution in [0.5, 0.6) is 0 Å². The van der Waals surface area contributed by atoms with Crippen LogP contribution in [0.15, 0.2) is 24.0 Å². The SMILES string of the molecule is C=C1C=C(C2CCC34O[C@@]35CCC3CC(OC6CC(O)C(OC7CCC(OC8CC(O)C(OC(C)=O)C(C)O8)C(C)O7)C(C)O6)CCC3(C)C5CC3(O)CC234)CO1. The van der Waals surface area contributed by atoms with E-state index in [1.165, 1.54) is 12.5 Å². The molecule has 0 bridgehead atoms. The summed E-state index contributed by atoms with van der Waals surface area (Å²) in [6.07, 6.45) is 6.52. The molecule has 0 aromatic heterocycles. The minimum absolute atomic E-state index is 0.0438. The number of hydrogen-bond donors (Lipinski definition) is 3. The van der Waals surface area contributed by atoms with E-state index in [-0.39, 0.29) is 46.8 Å². The largest absolute Gasteiger partial charge is 0.490 e. The number of aliphatic hydroxyl groups excluding tert-OH is 2. The van der Waals surface area contributed by atoms with Gasteiger partial charge in [0, 0.05) is 31.6 Å². The zero-order chi connectivity index (χ0) is 39.9. The van der Waals surface area contributed by atoms with Gasteiger partial charge >= 0.3 is 5.97 Å². The van der Waals surface area contributed by atoms with Crippen molar-refractivity contribution in [2.24, 2.45) is 28.6 Å². The molecule has 0 aromatic rings. The molecule has 10 rings (SSSR count). The fraction of sp³-hybridized carbons (Fsp3) is 0.886. The monoisotopic (exact) mass is 800 g/mol.